The summed E-state index contributed by atoms with van der Waals surface area (Å²) >= 11 is 1.91. The standard InChI is InChI=1S/C9H18N2O2S/c1-8-6-11(3-5-14-8)9(12)7-13-4-2-10/h8H,2-7,10H2,1H3. The fourth-order valence-corrected chi connectivity index (χ4v) is 2.39. The van der Waals surface area contributed by atoms with Crippen LogP contribution < -0.4 is 5.73 Å². The number of rotatable bonds is 4. The van der Waals surface area contributed by atoms with Crippen LogP contribution in [0.4, 0.5) is 0 Å². The third-order valence-corrected chi connectivity index (χ3v) is 3.22. The summed E-state index contributed by atoms with van der Waals surface area (Å²) in [6, 6.07) is 0. The molecule has 14 heavy (non-hydrogen) atoms. The number of carbonyl (C=O) groups is 1. The van der Waals surface area contributed by atoms with Gasteiger partial charge in [0.2, 0.25) is 5.91 Å². The summed E-state index contributed by atoms with van der Waals surface area (Å²) in [6.07, 6.45) is 0. The highest BCUT2D eigenvalue weighted by Gasteiger charge is 2.20. The summed E-state index contributed by atoms with van der Waals surface area (Å²) < 4.78 is 5.11. The Balaban J connectivity index is 2.22. The van der Waals surface area contributed by atoms with E-state index in [-0.39, 0.29) is 12.5 Å². The van der Waals surface area contributed by atoms with Crippen molar-refractivity contribution in [1.82, 2.24) is 4.90 Å². The molecule has 1 fully saturated rings. The van der Waals surface area contributed by atoms with Crippen LogP contribution in [0.2, 0.25) is 0 Å². The van der Waals surface area contributed by atoms with E-state index in [1.165, 1.54) is 0 Å². The normalized spacial score (nSPS) is 22.4. The zero-order valence-electron chi connectivity index (χ0n) is 8.57. The van der Waals surface area contributed by atoms with Crippen LogP contribution in [0, 0.1) is 0 Å². The van der Waals surface area contributed by atoms with Gasteiger partial charge in [-0.15, -0.1) is 0 Å². The molecule has 0 saturated carbocycles. The van der Waals surface area contributed by atoms with Crippen LogP contribution in [0.3, 0.4) is 0 Å². The molecule has 1 heterocycles. The molecular formula is C9H18N2O2S. The fourth-order valence-electron chi connectivity index (χ4n) is 1.38. The molecule has 4 nitrogen and oxygen atoms in total. The van der Waals surface area contributed by atoms with E-state index in [2.05, 4.69) is 6.92 Å². The van der Waals surface area contributed by atoms with Crippen LogP contribution in [-0.4, -0.2) is 54.7 Å². The molecule has 1 saturated heterocycles. The molecule has 0 radical (unpaired) electrons. The van der Waals surface area contributed by atoms with Gasteiger partial charge in [-0.2, -0.15) is 11.8 Å². The molecule has 1 amide bonds. The van der Waals surface area contributed by atoms with Crippen molar-refractivity contribution in [1.29, 1.82) is 0 Å². The van der Waals surface area contributed by atoms with E-state index in [1.807, 2.05) is 16.7 Å². The third-order valence-electron chi connectivity index (χ3n) is 2.08. The minimum atomic E-state index is 0.0885. The molecule has 0 aromatic carbocycles. The van der Waals surface area contributed by atoms with E-state index in [9.17, 15) is 4.79 Å². The Hall–Kier alpha value is -0.260. The lowest BCUT2D eigenvalue weighted by Crippen LogP contribution is -2.42. The Bertz CT molecular complexity index is 190. The van der Waals surface area contributed by atoms with Crippen molar-refractivity contribution in [2.75, 3.05) is 38.6 Å². The maximum atomic E-state index is 11.6. The van der Waals surface area contributed by atoms with Gasteiger partial charge in [0.05, 0.1) is 6.61 Å². The maximum absolute atomic E-state index is 11.6. The molecule has 0 spiro atoms. The highest BCUT2D eigenvalue weighted by molar-refractivity contribution is 7.99. The van der Waals surface area contributed by atoms with Gasteiger partial charge >= 0.3 is 0 Å². The highest BCUT2D eigenvalue weighted by Crippen LogP contribution is 2.17. The van der Waals surface area contributed by atoms with Gasteiger partial charge in [0.1, 0.15) is 6.61 Å². The van der Waals surface area contributed by atoms with Crippen molar-refractivity contribution in [3.63, 3.8) is 0 Å². The number of nitrogens with two attached hydrogens (primary N) is 1. The van der Waals surface area contributed by atoms with Crippen molar-refractivity contribution >= 4 is 17.7 Å². The summed E-state index contributed by atoms with van der Waals surface area (Å²) in [6.45, 7) is 4.94. The zero-order chi connectivity index (χ0) is 10.4. The Morgan fingerprint density at radius 3 is 3.14 bits per heavy atom. The Labute approximate surface area is 89.2 Å². The quantitative estimate of drug-likeness (QED) is 0.671. The SMILES string of the molecule is CC1CN(C(=O)COCCN)CCS1. The molecule has 0 aromatic heterocycles. The monoisotopic (exact) mass is 218 g/mol. The first kappa shape index (κ1) is 11.8. The van der Waals surface area contributed by atoms with E-state index >= 15 is 0 Å². The zero-order valence-corrected chi connectivity index (χ0v) is 9.39. The summed E-state index contributed by atoms with van der Waals surface area (Å²) in [5.41, 5.74) is 5.26. The average Bonchev–Trinajstić information content (AvgIpc) is 2.18. The average molecular weight is 218 g/mol. The Kier molecular flexibility index (Phi) is 5.29. The van der Waals surface area contributed by atoms with Gasteiger partial charge in [-0.25, -0.2) is 0 Å². The smallest absolute Gasteiger partial charge is 0.248 e. The van der Waals surface area contributed by atoms with Crippen molar-refractivity contribution < 1.29 is 9.53 Å². The summed E-state index contributed by atoms with van der Waals surface area (Å²) in [5, 5.41) is 0.544. The predicted molar refractivity (Wildman–Crippen MR) is 58.4 cm³/mol. The number of amides is 1. The lowest BCUT2D eigenvalue weighted by Gasteiger charge is -2.30. The molecular weight excluding hydrogens is 200 g/mol. The number of carbonyl (C=O) groups excluding carboxylic acids is 1. The van der Waals surface area contributed by atoms with Crippen molar-refractivity contribution in [3.8, 4) is 0 Å². The van der Waals surface area contributed by atoms with Gasteiger partial charge in [0.25, 0.3) is 0 Å². The van der Waals surface area contributed by atoms with Gasteiger partial charge in [-0.05, 0) is 0 Å². The minimum absolute atomic E-state index is 0.0885. The molecule has 0 bridgehead atoms. The number of ether oxygens (including phenoxy) is 1. The van der Waals surface area contributed by atoms with Crippen LogP contribution in [-0.2, 0) is 9.53 Å². The van der Waals surface area contributed by atoms with Gasteiger partial charge in [-0.3, -0.25) is 4.79 Å². The lowest BCUT2D eigenvalue weighted by atomic mass is 10.3. The van der Waals surface area contributed by atoms with Gasteiger partial charge in [0, 0.05) is 30.6 Å². The van der Waals surface area contributed by atoms with Crippen molar-refractivity contribution in [2.45, 2.75) is 12.2 Å². The van der Waals surface area contributed by atoms with E-state index < -0.39 is 0 Å². The minimum Gasteiger partial charge on any atom is -0.370 e. The van der Waals surface area contributed by atoms with Crippen LogP contribution in [0.25, 0.3) is 0 Å². The van der Waals surface area contributed by atoms with Crippen molar-refractivity contribution in [3.05, 3.63) is 0 Å². The second kappa shape index (κ2) is 6.27. The molecule has 1 aliphatic rings. The molecule has 0 aliphatic carbocycles. The number of hydrogen-bond acceptors (Lipinski definition) is 4. The van der Waals surface area contributed by atoms with Crippen molar-refractivity contribution in [2.24, 2.45) is 5.73 Å². The third kappa shape index (κ3) is 3.86. The maximum Gasteiger partial charge on any atom is 0.248 e. The molecule has 2 N–H and O–H groups in total. The summed E-state index contributed by atoms with van der Waals surface area (Å²) in [4.78, 5) is 13.4. The molecule has 1 aliphatic heterocycles. The largest absolute Gasteiger partial charge is 0.370 e. The highest BCUT2D eigenvalue weighted by atomic mass is 32.2. The topological polar surface area (TPSA) is 55.6 Å². The molecule has 1 rings (SSSR count). The predicted octanol–water partition coefficient (Wildman–Crippen LogP) is -0.0744. The number of nitrogens with zero attached hydrogens (tertiary/aromatic N) is 1. The summed E-state index contributed by atoms with van der Waals surface area (Å²) in [5.74, 6) is 1.12. The Morgan fingerprint density at radius 2 is 2.50 bits per heavy atom. The van der Waals surface area contributed by atoms with Gasteiger partial charge < -0.3 is 15.4 Å². The molecule has 0 aromatic rings. The van der Waals surface area contributed by atoms with Crippen LogP contribution in [0.15, 0.2) is 0 Å². The lowest BCUT2D eigenvalue weighted by molar-refractivity contribution is -0.135. The Morgan fingerprint density at radius 1 is 1.71 bits per heavy atom. The first-order valence-electron chi connectivity index (χ1n) is 4.91. The number of hydrogen-bond donors (Lipinski definition) is 1. The first-order chi connectivity index (χ1) is 6.74. The molecule has 5 heteroatoms. The van der Waals surface area contributed by atoms with Crippen LogP contribution in [0.1, 0.15) is 6.92 Å². The van der Waals surface area contributed by atoms with Gasteiger partial charge in [0.15, 0.2) is 0 Å². The van der Waals surface area contributed by atoms with E-state index in [4.69, 9.17) is 10.5 Å². The van der Waals surface area contributed by atoms with E-state index in [0.717, 1.165) is 18.8 Å². The van der Waals surface area contributed by atoms with Gasteiger partial charge in [-0.1, -0.05) is 6.92 Å². The van der Waals surface area contributed by atoms with E-state index in [0.29, 0.717) is 18.4 Å². The second-order valence-corrected chi connectivity index (χ2v) is 4.91. The van der Waals surface area contributed by atoms with E-state index in [1.54, 1.807) is 0 Å². The first-order valence-corrected chi connectivity index (χ1v) is 5.96. The molecule has 82 valence electrons. The summed E-state index contributed by atoms with van der Waals surface area (Å²) in [7, 11) is 0. The molecule has 1 unspecified atom stereocenters. The second-order valence-electron chi connectivity index (χ2n) is 3.36. The molecule has 1 atom stereocenters. The van der Waals surface area contributed by atoms with Crippen LogP contribution >= 0.6 is 11.8 Å². The van der Waals surface area contributed by atoms with Crippen LogP contribution in [0.5, 0.6) is 0 Å². The number of thioether (sulfide) groups is 1. The fraction of sp³-hybridized carbons (Fsp3) is 0.889.